The molecule has 2 heteroatoms. The number of unbranched alkanes of at least 4 members (excludes halogenated alkanes) is 30. The first-order valence-electron chi connectivity index (χ1n) is 20.3. The number of hydrogen-bond donors (Lipinski definition) is 0. The van der Waals surface area contributed by atoms with E-state index in [0.717, 1.165) is 13.1 Å². The highest BCUT2D eigenvalue weighted by atomic mass is 79.9. The summed E-state index contributed by atoms with van der Waals surface area (Å²) in [5.41, 5.74) is 0. The van der Waals surface area contributed by atoms with Gasteiger partial charge < -0.3 is 21.5 Å². The van der Waals surface area contributed by atoms with Crippen LogP contribution in [0.15, 0.2) is 25.3 Å². The van der Waals surface area contributed by atoms with Crippen LogP contribution in [0.1, 0.15) is 219 Å². The summed E-state index contributed by atoms with van der Waals surface area (Å²) >= 11 is 0. The van der Waals surface area contributed by atoms with Crippen LogP contribution in [0.4, 0.5) is 0 Å². The number of hydrogen-bond acceptors (Lipinski definition) is 0. The molecule has 0 amide bonds. The van der Waals surface area contributed by atoms with Crippen molar-refractivity contribution < 1.29 is 21.5 Å². The van der Waals surface area contributed by atoms with Gasteiger partial charge in [-0.2, -0.15) is 0 Å². The molecule has 0 bridgehead atoms. The molecule has 0 atom stereocenters. The second-order valence-corrected chi connectivity index (χ2v) is 14.3. The van der Waals surface area contributed by atoms with Crippen LogP contribution in [0.5, 0.6) is 0 Å². The Morgan fingerprint density at radius 3 is 0.682 bits per heavy atom. The maximum atomic E-state index is 4.13. The summed E-state index contributed by atoms with van der Waals surface area (Å²) in [6, 6.07) is 0. The zero-order valence-corrected chi connectivity index (χ0v) is 32.4. The van der Waals surface area contributed by atoms with Crippen molar-refractivity contribution in [3.8, 4) is 0 Å². The van der Waals surface area contributed by atoms with E-state index in [0.29, 0.717) is 0 Å². The molecule has 0 aliphatic heterocycles. The van der Waals surface area contributed by atoms with E-state index in [1.54, 1.807) is 0 Å². The molecule has 264 valence electrons. The number of rotatable bonds is 38. The lowest BCUT2D eigenvalue weighted by Crippen LogP contribution is -3.00. The van der Waals surface area contributed by atoms with Gasteiger partial charge in [-0.15, -0.1) is 0 Å². The quantitative estimate of drug-likeness (QED) is 0.0345. The summed E-state index contributed by atoms with van der Waals surface area (Å²) in [6.07, 6.45) is 50.6. The smallest absolute Gasteiger partial charge is 0.0973 e. The molecule has 0 spiro atoms. The van der Waals surface area contributed by atoms with Crippen molar-refractivity contribution in [3.05, 3.63) is 25.3 Å². The minimum Gasteiger partial charge on any atom is -1.00 e. The van der Waals surface area contributed by atoms with Crippen LogP contribution in [-0.4, -0.2) is 30.7 Å². The lowest BCUT2D eigenvalue weighted by Gasteiger charge is -2.37. The van der Waals surface area contributed by atoms with Gasteiger partial charge in [0.05, 0.1) is 26.2 Å². The maximum Gasteiger partial charge on any atom is 0.0973 e. The molecule has 0 aliphatic rings. The van der Waals surface area contributed by atoms with Crippen LogP contribution < -0.4 is 17.0 Å². The lowest BCUT2D eigenvalue weighted by molar-refractivity contribution is -0.917. The van der Waals surface area contributed by atoms with E-state index in [4.69, 9.17) is 0 Å². The second kappa shape index (κ2) is 39.1. The van der Waals surface area contributed by atoms with Gasteiger partial charge in [0.2, 0.25) is 0 Å². The number of quaternary nitrogens is 1. The first-order chi connectivity index (χ1) is 21.2. The molecule has 0 aliphatic carbocycles. The highest BCUT2D eigenvalue weighted by Gasteiger charge is 2.23. The molecule has 44 heavy (non-hydrogen) atoms. The van der Waals surface area contributed by atoms with Crippen LogP contribution in [-0.2, 0) is 0 Å². The van der Waals surface area contributed by atoms with Crippen LogP contribution >= 0.6 is 0 Å². The number of nitrogens with zero attached hydrogens (tertiary/aromatic N) is 1. The minimum atomic E-state index is 0. The summed E-state index contributed by atoms with van der Waals surface area (Å²) in [6.45, 7) is 17.7. The zero-order valence-electron chi connectivity index (χ0n) is 30.8. The predicted molar refractivity (Wildman–Crippen MR) is 199 cm³/mol. The van der Waals surface area contributed by atoms with Gasteiger partial charge >= 0.3 is 0 Å². The summed E-state index contributed by atoms with van der Waals surface area (Å²) in [4.78, 5) is 0. The van der Waals surface area contributed by atoms with Crippen molar-refractivity contribution in [1.29, 1.82) is 0 Å². The third kappa shape index (κ3) is 33.3. The van der Waals surface area contributed by atoms with Gasteiger partial charge in [0.15, 0.2) is 0 Å². The van der Waals surface area contributed by atoms with Gasteiger partial charge in [0.25, 0.3) is 0 Å². The molecule has 0 saturated heterocycles. The second-order valence-electron chi connectivity index (χ2n) is 14.3. The summed E-state index contributed by atoms with van der Waals surface area (Å²) in [5.74, 6) is 0. The molecule has 0 aromatic carbocycles. The molecule has 1 nitrogen and oxygen atoms in total. The van der Waals surface area contributed by atoms with Gasteiger partial charge in [-0.25, -0.2) is 0 Å². The minimum absolute atomic E-state index is 0. The molecular formula is C42H84BrN. The highest BCUT2D eigenvalue weighted by molar-refractivity contribution is 4.72. The maximum absolute atomic E-state index is 4.13. The summed E-state index contributed by atoms with van der Waals surface area (Å²) in [7, 11) is 0. The Morgan fingerprint density at radius 2 is 0.500 bits per heavy atom. The molecule has 0 aromatic heterocycles. The van der Waals surface area contributed by atoms with Gasteiger partial charge in [-0.1, -0.05) is 207 Å². The van der Waals surface area contributed by atoms with Crippen LogP contribution in [0, 0.1) is 0 Å². The first kappa shape index (κ1) is 46.0. The Balaban J connectivity index is 0. The van der Waals surface area contributed by atoms with E-state index in [1.165, 1.54) is 223 Å². The van der Waals surface area contributed by atoms with Crippen molar-refractivity contribution in [2.75, 3.05) is 26.2 Å². The van der Waals surface area contributed by atoms with Crippen molar-refractivity contribution >= 4 is 0 Å². The van der Waals surface area contributed by atoms with E-state index in [-0.39, 0.29) is 17.0 Å². The Labute approximate surface area is 291 Å². The van der Waals surface area contributed by atoms with Crippen molar-refractivity contribution in [2.45, 2.75) is 219 Å². The third-order valence-electron chi connectivity index (χ3n) is 10.0. The van der Waals surface area contributed by atoms with E-state index < -0.39 is 0 Å². The van der Waals surface area contributed by atoms with Crippen molar-refractivity contribution in [3.63, 3.8) is 0 Å². The van der Waals surface area contributed by atoms with E-state index in [9.17, 15) is 0 Å². The fourth-order valence-electron chi connectivity index (χ4n) is 7.09. The van der Waals surface area contributed by atoms with E-state index >= 15 is 0 Å². The average Bonchev–Trinajstić information content (AvgIpc) is 3.01. The summed E-state index contributed by atoms with van der Waals surface area (Å²) < 4.78 is 1.20. The monoisotopic (exact) mass is 682 g/mol. The molecule has 0 saturated carbocycles. The molecule has 0 rings (SSSR count). The molecular weight excluding hydrogens is 598 g/mol. The third-order valence-corrected chi connectivity index (χ3v) is 10.0. The molecule has 0 heterocycles. The topological polar surface area (TPSA) is 0 Å². The highest BCUT2D eigenvalue weighted by Crippen LogP contribution is 2.18. The normalized spacial score (nSPS) is 11.5. The van der Waals surface area contributed by atoms with Gasteiger partial charge in [-0.05, 0) is 37.8 Å². The van der Waals surface area contributed by atoms with Crippen LogP contribution in [0.25, 0.3) is 0 Å². The standard InChI is InChI=1S/C42H84N.BrH/c1-5-9-11-13-15-17-19-21-23-25-27-29-31-33-35-37-41-43(39-7-3,40-8-4)42-38-36-34-32-30-28-26-24-22-20-18-16-14-12-10-6-2;/h7-8H,3-6,9-42H2,1-2H3;1H/q+1;/p-1. The average molecular weight is 683 g/mol. The molecule has 0 N–H and O–H groups in total. The molecule has 0 radical (unpaired) electrons. The molecule has 0 fully saturated rings. The summed E-state index contributed by atoms with van der Waals surface area (Å²) in [5, 5.41) is 0. The first-order valence-corrected chi connectivity index (χ1v) is 20.3. The Morgan fingerprint density at radius 1 is 0.318 bits per heavy atom. The Bertz CT molecular complexity index is 496. The number of halogens is 1. The lowest BCUT2D eigenvalue weighted by atomic mass is 10.0. The Kier molecular flexibility index (Phi) is 40.9. The van der Waals surface area contributed by atoms with E-state index in [2.05, 4.69) is 39.2 Å². The fourth-order valence-corrected chi connectivity index (χ4v) is 7.09. The largest absolute Gasteiger partial charge is 1.00 e. The SMILES string of the molecule is C=CC[N+](CC=C)(CCCCCCCCCCCCCCCCCC)CCCCCCCCCCCCCCCCCC.[Br-]. The van der Waals surface area contributed by atoms with Crippen LogP contribution in [0.3, 0.4) is 0 Å². The molecule has 0 unspecified atom stereocenters. The predicted octanol–water partition coefficient (Wildman–Crippen LogP) is 11.7. The van der Waals surface area contributed by atoms with Gasteiger partial charge in [0, 0.05) is 0 Å². The fraction of sp³-hybridized carbons (Fsp3) is 0.905. The van der Waals surface area contributed by atoms with Gasteiger partial charge in [0.1, 0.15) is 0 Å². The van der Waals surface area contributed by atoms with Gasteiger partial charge in [-0.3, -0.25) is 0 Å². The Hall–Kier alpha value is -0.0800. The van der Waals surface area contributed by atoms with Crippen LogP contribution in [0.2, 0.25) is 0 Å². The van der Waals surface area contributed by atoms with Crippen molar-refractivity contribution in [1.82, 2.24) is 0 Å². The van der Waals surface area contributed by atoms with Crippen molar-refractivity contribution in [2.24, 2.45) is 0 Å². The zero-order chi connectivity index (χ0) is 31.4. The van der Waals surface area contributed by atoms with E-state index in [1.807, 2.05) is 0 Å². The molecule has 0 aromatic rings.